The highest BCUT2D eigenvalue weighted by atomic mass is 79.9. The smallest absolute Gasteiger partial charge is 0.354 e. The molecule has 1 saturated carbocycles. The van der Waals surface area contributed by atoms with Gasteiger partial charge in [0.15, 0.2) is 11.3 Å². The highest BCUT2D eigenvalue weighted by molar-refractivity contribution is 9.10. The van der Waals surface area contributed by atoms with E-state index in [1.54, 1.807) is 10.6 Å². The van der Waals surface area contributed by atoms with E-state index in [0.29, 0.717) is 17.3 Å². The van der Waals surface area contributed by atoms with Crippen molar-refractivity contribution >= 4 is 27.5 Å². The summed E-state index contributed by atoms with van der Waals surface area (Å²) in [5.74, 6) is -0.578. The lowest BCUT2D eigenvalue weighted by atomic mass is 10.2. The fraction of sp³-hybridized carbons (Fsp3) is 0.273. The molecule has 0 bridgehead atoms. The Kier molecular flexibility index (Phi) is 2.04. The number of rotatable bonds is 2. The fourth-order valence-corrected chi connectivity index (χ4v) is 2.34. The summed E-state index contributed by atoms with van der Waals surface area (Å²) in [7, 11) is 0. The van der Waals surface area contributed by atoms with E-state index in [4.69, 9.17) is 0 Å². The fourth-order valence-electron chi connectivity index (χ4n) is 1.91. The molecule has 0 spiro atoms. The van der Waals surface area contributed by atoms with Gasteiger partial charge in [-0.3, -0.25) is 4.40 Å². The molecule has 0 atom stereocenters. The summed E-state index contributed by atoms with van der Waals surface area (Å²) >= 11 is 3.39. The third kappa shape index (κ3) is 1.35. The lowest BCUT2D eigenvalue weighted by Gasteiger charge is -1.98. The Morgan fingerprint density at radius 2 is 2.31 bits per heavy atom. The van der Waals surface area contributed by atoms with E-state index in [-0.39, 0.29) is 0 Å². The van der Waals surface area contributed by atoms with Crippen LogP contribution in [0.3, 0.4) is 0 Å². The molecule has 82 valence electrons. The molecule has 0 radical (unpaired) electrons. The van der Waals surface area contributed by atoms with Crippen molar-refractivity contribution in [2.45, 2.75) is 18.8 Å². The number of nitrogens with zero attached hydrogens (tertiary/aromatic N) is 2. The molecule has 16 heavy (non-hydrogen) atoms. The second kappa shape index (κ2) is 3.31. The Hall–Kier alpha value is -1.36. The van der Waals surface area contributed by atoms with Crippen molar-refractivity contribution in [2.75, 3.05) is 0 Å². The summed E-state index contributed by atoms with van der Waals surface area (Å²) in [6.07, 6.45) is 3.83. The highest BCUT2D eigenvalue weighted by Gasteiger charge is 2.32. The molecule has 1 aliphatic carbocycles. The number of hydrogen-bond donors (Lipinski definition) is 1. The number of carbonyl (C=O) groups is 1. The maximum atomic E-state index is 11.3. The molecule has 0 unspecified atom stereocenters. The molecule has 0 saturated heterocycles. The molecule has 2 aromatic heterocycles. The van der Waals surface area contributed by atoms with Crippen molar-refractivity contribution in [3.63, 3.8) is 0 Å². The van der Waals surface area contributed by atoms with E-state index in [0.717, 1.165) is 23.0 Å². The molecule has 1 fully saturated rings. The van der Waals surface area contributed by atoms with Crippen molar-refractivity contribution in [1.29, 1.82) is 0 Å². The molecular weight excluding hydrogens is 272 g/mol. The van der Waals surface area contributed by atoms with Crippen LogP contribution in [0.2, 0.25) is 0 Å². The molecule has 2 aromatic rings. The maximum absolute atomic E-state index is 11.3. The van der Waals surface area contributed by atoms with Gasteiger partial charge in [0.25, 0.3) is 0 Å². The lowest BCUT2D eigenvalue weighted by molar-refractivity contribution is 0.0688. The van der Waals surface area contributed by atoms with Gasteiger partial charge in [0.05, 0.1) is 10.2 Å². The summed E-state index contributed by atoms with van der Waals surface area (Å²) in [5.41, 5.74) is 1.71. The van der Waals surface area contributed by atoms with Gasteiger partial charge in [-0.25, -0.2) is 9.78 Å². The number of carboxylic acid groups (broad SMARTS) is 1. The zero-order valence-electron chi connectivity index (χ0n) is 8.35. The number of carboxylic acids is 1. The quantitative estimate of drug-likeness (QED) is 0.920. The minimum Gasteiger partial charge on any atom is -0.477 e. The number of halogens is 1. The van der Waals surface area contributed by atoms with Crippen LogP contribution in [0.1, 0.15) is 34.9 Å². The van der Waals surface area contributed by atoms with E-state index < -0.39 is 5.97 Å². The molecule has 5 heteroatoms. The van der Waals surface area contributed by atoms with E-state index in [9.17, 15) is 9.90 Å². The van der Waals surface area contributed by atoms with Crippen LogP contribution in [-0.2, 0) is 0 Å². The van der Waals surface area contributed by atoms with E-state index in [2.05, 4.69) is 20.9 Å². The normalized spacial score (nSPS) is 15.6. The molecule has 4 nitrogen and oxygen atoms in total. The van der Waals surface area contributed by atoms with Crippen LogP contribution in [0, 0.1) is 0 Å². The molecule has 0 aromatic carbocycles. The molecule has 2 heterocycles. The largest absolute Gasteiger partial charge is 0.477 e. The van der Waals surface area contributed by atoms with Crippen LogP contribution < -0.4 is 0 Å². The molecular formula is C11H9BrN2O2. The number of pyridine rings is 1. The Balaban J connectivity index is 2.36. The van der Waals surface area contributed by atoms with Crippen molar-refractivity contribution in [1.82, 2.24) is 9.38 Å². The molecule has 3 rings (SSSR count). The van der Waals surface area contributed by atoms with Gasteiger partial charge < -0.3 is 5.11 Å². The van der Waals surface area contributed by atoms with Gasteiger partial charge in [0.1, 0.15) is 0 Å². The number of imidazole rings is 1. The van der Waals surface area contributed by atoms with Crippen LogP contribution in [0.4, 0.5) is 0 Å². The van der Waals surface area contributed by atoms with Gasteiger partial charge in [-0.05, 0) is 40.9 Å². The Morgan fingerprint density at radius 1 is 1.56 bits per heavy atom. The molecule has 1 N–H and O–H groups in total. The van der Waals surface area contributed by atoms with Crippen LogP contribution in [0.5, 0.6) is 0 Å². The number of fused-ring (bicyclic) bond motifs is 1. The average molecular weight is 281 g/mol. The zero-order valence-corrected chi connectivity index (χ0v) is 9.94. The van der Waals surface area contributed by atoms with Crippen molar-refractivity contribution < 1.29 is 9.90 Å². The first-order valence-corrected chi connectivity index (χ1v) is 5.87. The van der Waals surface area contributed by atoms with Gasteiger partial charge in [-0.1, -0.05) is 0 Å². The molecule has 0 amide bonds. The molecule has 1 aliphatic rings. The number of aromatic nitrogens is 2. The summed E-state index contributed by atoms with van der Waals surface area (Å²) in [5, 5.41) is 9.24. The van der Waals surface area contributed by atoms with Crippen LogP contribution in [0.25, 0.3) is 5.65 Å². The first-order chi connectivity index (χ1) is 7.68. The predicted octanol–water partition coefficient (Wildman–Crippen LogP) is 2.67. The van der Waals surface area contributed by atoms with Gasteiger partial charge in [-0.2, -0.15) is 0 Å². The van der Waals surface area contributed by atoms with Crippen molar-refractivity contribution in [3.8, 4) is 0 Å². The predicted molar refractivity (Wildman–Crippen MR) is 61.8 cm³/mol. The Bertz CT molecular complexity index is 587. The minimum absolute atomic E-state index is 0.304. The first kappa shape index (κ1) is 9.84. The third-order valence-corrected chi connectivity index (χ3v) is 3.41. The highest BCUT2D eigenvalue weighted by Crippen LogP contribution is 2.41. The van der Waals surface area contributed by atoms with Crippen LogP contribution in [0.15, 0.2) is 22.8 Å². The summed E-state index contributed by atoms with van der Waals surface area (Å²) in [6.45, 7) is 0. The summed E-state index contributed by atoms with van der Waals surface area (Å²) in [4.78, 5) is 15.7. The Morgan fingerprint density at radius 3 is 2.94 bits per heavy atom. The monoisotopic (exact) mass is 280 g/mol. The topological polar surface area (TPSA) is 54.6 Å². The van der Waals surface area contributed by atoms with Crippen LogP contribution in [-0.4, -0.2) is 20.5 Å². The van der Waals surface area contributed by atoms with Gasteiger partial charge in [-0.15, -0.1) is 0 Å². The standard InChI is InChI=1S/C11H9BrN2O2/c12-7-2-1-5-14-9(11(15)16)8(6-3-4-6)13-10(7)14/h1-2,5-6H,3-4H2,(H,15,16). The SMILES string of the molecule is O=C(O)c1c(C2CC2)nc2c(Br)cccn12. The van der Waals surface area contributed by atoms with Gasteiger partial charge in [0.2, 0.25) is 0 Å². The third-order valence-electron chi connectivity index (χ3n) is 2.80. The summed E-state index contributed by atoms with van der Waals surface area (Å²) < 4.78 is 2.46. The van der Waals surface area contributed by atoms with E-state index in [1.165, 1.54) is 0 Å². The number of aromatic carboxylic acids is 1. The minimum atomic E-state index is -0.910. The first-order valence-electron chi connectivity index (χ1n) is 5.08. The van der Waals surface area contributed by atoms with Crippen molar-refractivity contribution in [2.24, 2.45) is 0 Å². The van der Waals surface area contributed by atoms with Crippen LogP contribution >= 0.6 is 15.9 Å². The van der Waals surface area contributed by atoms with E-state index in [1.807, 2.05) is 12.1 Å². The van der Waals surface area contributed by atoms with Gasteiger partial charge in [0, 0.05) is 12.1 Å². The Labute approximate surface area is 100 Å². The maximum Gasteiger partial charge on any atom is 0.354 e. The van der Waals surface area contributed by atoms with Crippen molar-refractivity contribution in [3.05, 3.63) is 34.2 Å². The lowest BCUT2D eigenvalue weighted by Crippen LogP contribution is -2.04. The average Bonchev–Trinajstić information content (AvgIpc) is 2.99. The second-order valence-corrected chi connectivity index (χ2v) is 4.83. The summed E-state index contributed by atoms with van der Waals surface area (Å²) in [6, 6.07) is 3.67. The molecule has 0 aliphatic heterocycles. The second-order valence-electron chi connectivity index (χ2n) is 3.97. The zero-order chi connectivity index (χ0) is 11.3. The van der Waals surface area contributed by atoms with E-state index >= 15 is 0 Å². The van der Waals surface area contributed by atoms with Gasteiger partial charge >= 0.3 is 5.97 Å². The number of hydrogen-bond acceptors (Lipinski definition) is 2.